The highest BCUT2D eigenvalue weighted by molar-refractivity contribution is 7.12. The van der Waals surface area contributed by atoms with Crippen molar-refractivity contribution in [2.45, 2.75) is 31.4 Å². The molecule has 8 nitrogen and oxygen atoms in total. The van der Waals surface area contributed by atoms with E-state index in [1.165, 1.54) is 17.4 Å². The standard InChI is InChI=1S/C23H21ClF3N3O5S/c1-11-5-17(36-9-11)20-28-15(8-30-10-23(26,27)7-16(30)21(31)32)19(35-22(33)34-2)18(29-20)13-4-3-12(25)6-14(13)24/h3-6,9,16,18H,7-8,10H2,1-2H3,(H,28,29)(H,31,32)/t16-,18+/m0/s1. The number of nitrogens with zero attached hydrogens (tertiary/aromatic N) is 2. The Labute approximate surface area is 213 Å². The molecule has 2 atom stereocenters. The third-order valence-electron chi connectivity index (χ3n) is 5.67. The molecule has 0 aliphatic carbocycles. The number of thiophene rings is 1. The van der Waals surface area contributed by atoms with Crippen molar-refractivity contribution in [1.82, 2.24) is 10.2 Å². The van der Waals surface area contributed by atoms with E-state index in [1.54, 1.807) is 0 Å². The summed E-state index contributed by atoms with van der Waals surface area (Å²) in [4.78, 5) is 30.2. The molecule has 1 aromatic heterocycles. The smallest absolute Gasteiger partial charge is 0.480 e. The van der Waals surface area contributed by atoms with Gasteiger partial charge in [-0.25, -0.2) is 18.0 Å². The van der Waals surface area contributed by atoms with Crippen LogP contribution in [0.15, 0.2) is 46.1 Å². The Balaban J connectivity index is 1.84. The molecule has 1 fully saturated rings. The Kier molecular flexibility index (Phi) is 7.30. The summed E-state index contributed by atoms with van der Waals surface area (Å²) in [5.74, 6) is -5.03. The number of carbonyl (C=O) groups excluding carboxylic acids is 1. The molecule has 3 heterocycles. The van der Waals surface area contributed by atoms with E-state index in [2.05, 4.69) is 15.0 Å². The Morgan fingerprint density at radius 3 is 2.72 bits per heavy atom. The van der Waals surface area contributed by atoms with E-state index in [0.29, 0.717) is 10.7 Å². The summed E-state index contributed by atoms with van der Waals surface area (Å²) in [5.41, 5.74) is 1.34. The van der Waals surface area contributed by atoms with Crippen molar-refractivity contribution in [1.29, 1.82) is 0 Å². The van der Waals surface area contributed by atoms with Crippen molar-refractivity contribution in [3.63, 3.8) is 0 Å². The third kappa shape index (κ3) is 5.50. The summed E-state index contributed by atoms with van der Waals surface area (Å²) in [6, 6.07) is 2.89. The second-order valence-corrected chi connectivity index (χ2v) is 9.70. The van der Waals surface area contributed by atoms with Crippen LogP contribution in [-0.2, 0) is 14.3 Å². The van der Waals surface area contributed by atoms with Crippen molar-refractivity contribution in [2.75, 3.05) is 20.2 Å². The minimum atomic E-state index is -3.22. The highest BCUT2D eigenvalue weighted by Gasteiger charge is 2.49. The van der Waals surface area contributed by atoms with E-state index < -0.39 is 48.9 Å². The summed E-state index contributed by atoms with van der Waals surface area (Å²) in [5, 5.41) is 14.4. The number of amidine groups is 1. The molecule has 0 spiro atoms. The number of alkyl halides is 2. The highest BCUT2D eigenvalue weighted by atomic mass is 35.5. The van der Waals surface area contributed by atoms with Gasteiger partial charge in [0.25, 0.3) is 5.92 Å². The second-order valence-electron chi connectivity index (χ2n) is 8.38. The molecule has 0 amide bonds. The molecule has 0 radical (unpaired) electrons. The first kappa shape index (κ1) is 26.0. The predicted octanol–water partition coefficient (Wildman–Crippen LogP) is 4.73. The molecule has 1 saturated heterocycles. The fourth-order valence-electron chi connectivity index (χ4n) is 4.07. The Morgan fingerprint density at radius 2 is 2.11 bits per heavy atom. The van der Waals surface area contributed by atoms with Crippen LogP contribution in [0.25, 0.3) is 0 Å². The Bertz CT molecular complexity index is 1270. The number of benzene rings is 1. The number of nitrogens with one attached hydrogen (secondary N) is 1. The van der Waals surface area contributed by atoms with Crippen molar-refractivity contribution in [3.05, 3.63) is 67.9 Å². The number of aryl methyl sites for hydroxylation is 1. The molecular weight excluding hydrogens is 523 g/mol. The maximum absolute atomic E-state index is 14.2. The number of carbonyl (C=O) groups is 2. The van der Waals surface area contributed by atoms with E-state index in [9.17, 15) is 27.9 Å². The number of carboxylic acid groups (broad SMARTS) is 1. The number of halogens is 4. The first-order valence-electron chi connectivity index (χ1n) is 10.7. The normalized spacial score (nSPS) is 21.7. The van der Waals surface area contributed by atoms with Crippen LogP contribution in [0.4, 0.5) is 18.0 Å². The zero-order valence-corrected chi connectivity index (χ0v) is 20.6. The van der Waals surface area contributed by atoms with Gasteiger partial charge in [0.15, 0.2) is 5.76 Å². The van der Waals surface area contributed by atoms with E-state index in [-0.39, 0.29) is 28.6 Å². The number of rotatable bonds is 6. The van der Waals surface area contributed by atoms with E-state index in [0.717, 1.165) is 29.7 Å². The zero-order chi connectivity index (χ0) is 26.2. The molecule has 0 bridgehead atoms. The minimum Gasteiger partial charge on any atom is -0.480 e. The van der Waals surface area contributed by atoms with Gasteiger partial charge in [-0.1, -0.05) is 17.7 Å². The lowest BCUT2D eigenvalue weighted by atomic mass is 10.0. The lowest BCUT2D eigenvalue weighted by Crippen LogP contribution is -2.43. The van der Waals surface area contributed by atoms with Gasteiger partial charge in [-0.15, -0.1) is 11.3 Å². The van der Waals surface area contributed by atoms with Gasteiger partial charge in [-0.2, -0.15) is 0 Å². The number of likely N-dealkylation sites (tertiary alicyclic amines) is 1. The molecule has 2 aliphatic rings. The molecule has 0 unspecified atom stereocenters. The quantitative estimate of drug-likeness (QED) is 0.508. The van der Waals surface area contributed by atoms with Gasteiger partial charge in [0, 0.05) is 23.6 Å². The van der Waals surface area contributed by atoms with Crippen LogP contribution >= 0.6 is 22.9 Å². The van der Waals surface area contributed by atoms with E-state index in [4.69, 9.17) is 16.3 Å². The van der Waals surface area contributed by atoms with Gasteiger partial charge in [-0.3, -0.25) is 14.7 Å². The fraction of sp³-hybridized carbons (Fsp3) is 0.348. The van der Waals surface area contributed by atoms with E-state index >= 15 is 0 Å². The van der Waals surface area contributed by atoms with Gasteiger partial charge in [-0.05, 0) is 36.1 Å². The molecule has 36 heavy (non-hydrogen) atoms. The van der Waals surface area contributed by atoms with Crippen LogP contribution in [0.1, 0.15) is 28.5 Å². The van der Waals surface area contributed by atoms with E-state index in [1.807, 2.05) is 18.4 Å². The highest BCUT2D eigenvalue weighted by Crippen LogP contribution is 2.39. The van der Waals surface area contributed by atoms with Crippen LogP contribution in [0.3, 0.4) is 0 Å². The molecule has 1 aromatic carbocycles. The van der Waals surface area contributed by atoms with Gasteiger partial charge in [0.2, 0.25) is 0 Å². The minimum absolute atomic E-state index is 0.00575. The maximum Gasteiger partial charge on any atom is 0.513 e. The first-order valence-corrected chi connectivity index (χ1v) is 11.9. The lowest BCUT2D eigenvalue weighted by molar-refractivity contribution is -0.142. The summed E-state index contributed by atoms with van der Waals surface area (Å²) >= 11 is 7.67. The molecule has 4 rings (SSSR count). The number of aliphatic carboxylic acids is 1. The predicted molar refractivity (Wildman–Crippen MR) is 126 cm³/mol. The first-order chi connectivity index (χ1) is 17.0. The zero-order valence-electron chi connectivity index (χ0n) is 19.1. The van der Waals surface area contributed by atoms with Crippen LogP contribution in [0.5, 0.6) is 0 Å². The monoisotopic (exact) mass is 543 g/mol. The Hall–Kier alpha value is -3.09. The number of ether oxygens (including phenoxy) is 2. The van der Waals surface area contributed by atoms with Gasteiger partial charge in [0.05, 0.1) is 24.2 Å². The average Bonchev–Trinajstić information content (AvgIpc) is 3.37. The number of carboxylic acids is 1. The number of hydrogen-bond acceptors (Lipinski definition) is 8. The van der Waals surface area contributed by atoms with Crippen LogP contribution < -0.4 is 5.32 Å². The van der Waals surface area contributed by atoms with Crippen LogP contribution in [0.2, 0.25) is 5.02 Å². The topological polar surface area (TPSA) is 100 Å². The van der Waals surface area contributed by atoms with Crippen molar-refractivity contribution >= 4 is 40.9 Å². The molecule has 2 aliphatic heterocycles. The second kappa shape index (κ2) is 10.1. The third-order valence-corrected chi connectivity index (χ3v) is 7.05. The van der Waals surface area contributed by atoms with Gasteiger partial charge >= 0.3 is 12.1 Å². The Morgan fingerprint density at radius 1 is 1.36 bits per heavy atom. The lowest BCUT2D eigenvalue weighted by Gasteiger charge is -2.30. The molecule has 2 N–H and O–H groups in total. The summed E-state index contributed by atoms with van der Waals surface area (Å²) in [6.45, 7) is 0.731. The van der Waals surface area contributed by atoms with Gasteiger partial charge in [0.1, 0.15) is 23.7 Å². The molecule has 13 heteroatoms. The van der Waals surface area contributed by atoms with Crippen molar-refractivity contribution in [2.24, 2.45) is 4.99 Å². The summed E-state index contributed by atoms with van der Waals surface area (Å²) in [7, 11) is 1.09. The average molecular weight is 544 g/mol. The SMILES string of the molecule is COC(=O)OC1=C(CN2CC(F)(F)C[C@H]2C(=O)O)NC(c2cc(C)cs2)=N[C@@H]1c1ccc(F)cc1Cl. The number of aliphatic imine (C=N–C) groups is 1. The fourth-order valence-corrected chi connectivity index (χ4v) is 5.19. The molecule has 2 aromatic rings. The molecular formula is C23H21ClF3N3O5S. The van der Waals surface area contributed by atoms with Crippen molar-refractivity contribution in [3.8, 4) is 0 Å². The van der Waals surface area contributed by atoms with Crippen LogP contribution in [0, 0.1) is 12.7 Å². The summed E-state index contributed by atoms with van der Waals surface area (Å²) < 4.78 is 52.1. The van der Waals surface area contributed by atoms with Gasteiger partial charge < -0.3 is 19.9 Å². The maximum atomic E-state index is 14.2. The number of methoxy groups -OCH3 is 1. The largest absolute Gasteiger partial charge is 0.513 e. The summed E-state index contributed by atoms with van der Waals surface area (Å²) in [6.07, 6.45) is -1.97. The molecule has 0 saturated carbocycles. The number of hydrogen-bond donors (Lipinski definition) is 2. The van der Waals surface area contributed by atoms with Crippen molar-refractivity contribution < 1.29 is 37.3 Å². The van der Waals surface area contributed by atoms with Crippen LogP contribution in [-0.4, -0.2) is 60.1 Å². The molecule has 192 valence electrons.